The van der Waals surface area contributed by atoms with Gasteiger partial charge in [-0.15, -0.1) is 0 Å². The van der Waals surface area contributed by atoms with Crippen molar-refractivity contribution in [3.05, 3.63) is 66.2 Å². The lowest BCUT2D eigenvalue weighted by atomic mass is 10.2. The van der Waals surface area contributed by atoms with Gasteiger partial charge in [0.1, 0.15) is 24.8 Å². The van der Waals surface area contributed by atoms with E-state index in [-0.39, 0.29) is 17.5 Å². The molecule has 0 fully saturated rings. The molecule has 3 aromatic rings. The molecule has 4 rings (SSSR count). The number of halogens is 1. The first-order chi connectivity index (χ1) is 12.2. The van der Waals surface area contributed by atoms with Crippen molar-refractivity contribution in [1.82, 2.24) is 0 Å². The van der Waals surface area contributed by atoms with Crippen LogP contribution in [0.3, 0.4) is 0 Å². The van der Waals surface area contributed by atoms with E-state index in [2.05, 4.69) is 5.32 Å². The summed E-state index contributed by atoms with van der Waals surface area (Å²) in [4.78, 5) is 12.3. The molecule has 0 saturated carbocycles. The second-order valence-corrected chi connectivity index (χ2v) is 5.48. The smallest absolute Gasteiger partial charge is 0.291 e. The fourth-order valence-electron chi connectivity index (χ4n) is 2.54. The molecule has 1 aliphatic rings. The van der Waals surface area contributed by atoms with Gasteiger partial charge in [0, 0.05) is 17.3 Å². The molecule has 0 radical (unpaired) electrons. The Labute approximate surface area is 143 Å². The molecular weight excluding hydrogens is 325 g/mol. The monoisotopic (exact) mass is 339 g/mol. The molecule has 2 aromatic carbocycles. The number of hydrogen-bond donors (Lipinski definition) is 1. The van der Waals surface area contributed by atoms with Crippen LogP contribution < -0.4 is 14.8 Å². The highest BCUT2D eigenvalue weighted by molar-refractivity contribution is 6.02. The number of carbonyl (C=O) groups is 1. The first kappa shape index (κ1) is 15.3. The number of nitrogens with one attached hydrogen (secondary N) is 1. The third-order valence-electron chi connectivity index (χ3n) is 3.76. The Balaban J connectivity index is 1.51. The van der Waals surface area contributed by atoms with Gasteiger partial charge >= 0.3 is 0 Å². The highest BCUT2D eigenvalue weighted by atomic mass is 19.1. The zero-order valence-corrected chi connectivity index (χ0v) is 13.1. The third kappa shape index (κ3) is 3.19. The number of amides is 1. The number of fused-ring (bicyclic) bond motifs is 1. The van der Waals surface area contributed by atoms with Crippen LogP contribution in [0.15, 0.2) is 59.0 Å². The van der Waals surface area contributed by atoms with Crippen LogP contribution in [0.4, 0.5) is 10.1 Å². The molecule has 0 bridgehead atoms. The highest BCUT2D eigenvalue weighted by Crippen LogP contribution is 2.33. The normalized spacial score (nSPS) is 12.7. The van der Waals surface area contributed by atoms with Crippen molar-refractivity contribution in [3.63, 3.8) is 0 Å². The van der Waals surface area contributed by atoms with Crippen LogP contribution in [0, 0.1) is 5.82 Å². The van der Waals surface area contributed by atoms with Gasteiger partial charge in [0.15, 0.2) is 17.3 Å². The Bertz CT molecular complexity index is 917. The Hall–Kier alpha value is -3.28. The predicted octanol–water partition coefficient (Wildman–Crippen LogP) is 4.11. The van der Waals surface area contributed by atoms with Crippen molar-refractivity contribution in [2.24, 2.45) is 0 Å². The minimum atomic E-state index is -0.384. The maximum absolute atomic E-state index is 13.0. The van der Waals surface area contributed by atoms with Crippen molar-refractivity contribution in [1.29, 1.82) is 0 Å². The molecule has 1 aliphatic heterocycles. The number of hydrogen-bond acceptors (Lipinski definition) is 4. The molecule has 1 aromatic heterocycles. The maximum atomic E-state index is 13.0. The Morgan fingerprint density at radius 3 is 2.48 bits per heavy atom. The van der Waals surface area contributed by atoms with Gasteiger partial charge in [-0.25, -0.2) is 4.39 Å². The summed E-state index contributed by atoms with van der Waals surface area (Å²) >= 11 is 0. The van der Waals surface area contributed by atoms with E-state index in [1.807, 2.05) is 0 Å². The lowest BCUT2D eigenvalue weighted by Crippen LogP contribution is -2.16. The largest absolute Gasteiger partial charge is 0.486 e. The maximum Gasteiger partial charge on any atom is 0.291 e. The van der Waals surface area contributed by atoms with Crippen LogP contribution in [-0.4, -0.2) is 19.1 Å². The molecule has 126 valence electrons. The zero-order valence-electron chi connectivity index (χ0n) is 13.1. The molecule has 0 saturated heterocycles. The van der Waals surface area contributed by atoms with Crippen LogP contribution >= 0.6 is 0 Å². The number of rotatable bonds is 3. The molecule has 6 heteroatoms. The standard InChI is InChI=1S/C19H14FNO4/c20-13-3-1-12(2-4-13)15-7-8-17(25-15)19(22)21-14-5-6-16-18(11-14)24-10-9-23-16/h1-8,11H,9-10H2,(H,21,22). The SMILES string of the molecule is O=C(Nc1ccc2c(c1)OCCO2)c1ccc(-c2ccc(F)cc2)o1. The number of furan rings is 1. The Kier molecular flexibility index (Phi) is 3.85. The number of ether oxygens (including phenoxy) is 2. The van der Waals surface area contributed by atoms with Crippen LogP contribution in [0.25, 0.3) is 11.3 Å². The van der Waals surface area contributed by atoms with Crippen LogP contribution in [0.2, 0.25) is 0 Å². The van der Waals surface area contributed by atoms with E-state index in [1.165, 1.54) is 12.1 Å². The second kappa shape index (κ2) is 6.32. The van der Waals surface area contributed by atoms with Gasteiger partial charge in [0.25, 0.3) is 5.91 Å². The van der Waals surface area contributed by atoms with E-state index in [1.54, 1.807) is 42.5 Å². The van der Waals surface area contributed by atoms with Gasteiger partial charge in [-0.1, -0.05) is 0 Å². The van der Waals surface area contributed by atoms with E-state index in [0.29, 0.717) is 41.7 Å². The van der Waals surface area contributed by atoms with Crippen molar-refractivity contribution in [2.45, 2.75) is 0 Å². The van der Waals surface area contributed by atoms with E-state index < -0.39 is 0 Å². The van der Waals surface area contributed by atoms with Gasteiger partial charge in [-0.2, -0.15) is 0 Å². The fourth-order valence-corrected chi connectivity index (χ4v) is 2.54. The fraction of sp³-hybridized carbons (Fsp3) is 0.105. The molecule has 1 amide bonds. The van der Waals surface area contributed by atoms with Crippen LogP contribution in [-0.2, 0) is 0 Å². The predicted molar refractivity (Wildman–Crippen MR) is 89.5 cm³/mol. The molecule has 0 aliphatic carbocycles. The van der Waals surface area contributed by atoms with Crippen LogP contribution in [0.1, 0.15) is 10.6 Å². The zero-order chi connectivity index (χ0) is 17.2. The summed E-state index contributed by atoms with van der Waals surface area (Å²) in [6.45, 7) is 0.987. The summed E-state index contributed by atoms with van der Waals surface area (Å²) < 4.78 is 29.5. The second-order valence-electron chi connectivity index (χ2n) is 5.48. The summed E-state index contributed by atoms with van der Waals surface area (Å²) in [5, 5.41) is 2.75. The average molecular weight is 339 g/mol. The van der Waals surface area contributed by atoms with E-state index in [4.69, 9.17) is 13.9 Å². The minimum Gasteiger partial charge on any atom is -0.486 e. The topological polar surface area (TPSA) is 60.7 Å². The van der Waals surface area contributed by atoms with Crippen molar-refractivity contribution in [2.75, 3.05) is 18.5 Å². The van der Waals surface area contributed by atoms with Gasteiger partial charge in [-0.3, -0.25) is 4.79 Å². The van der Waals surface area contributed by atoms with Gasteiger partial charge < -0.3 is 19.2 Å². The first-order valence-electron chi connectivity index (χ1n) is 7.76. The molecular formula is C19H14FNO4. The van der Waals surface area contributed by atoms with Crippen molar-refractivity contribution < 1.29 is 23.1 Å². The summed E-state index contributed by atoms with van der Waals surface area (Å²) in [6.07, 6.45) is 0. The van der Waals surface area contributed by atoms with Crippen molar-refractivity contribution >= 4 is 11.6 Å². The molecule has 0 unspecified atom stereocenters. The van der Waals surface area contributed by atoms with E-state index in [0.717, 1.165) is 0 Å². The van der Waals surface area contributed by atoms with Gasteiger partial charge in [0.05, 0.1) is 0 Å². The number of anilines is 1. The van der Waals surface area contributed by atoms with E-state index in [9.17, 15) is 9.18 Å². The average Bonchev–Trinajstić information content (AvgIpc) is 3.12. The Morgan fingerprint density at radius 2 is 1.68 bits per heavy atom. The van der Waals surface area contributed by atoms with Gasteiger partial charge in [-0.05, 0) is 48.5 Å². The quantitative estimate of drug-likeness (QED) is 0.780. The first-order valence-corrected chi connectivity index (χ1v) is 7.76. The molecule has 0 atom stereocenters. The lowest BCUT2D eigenvalue weighted by molar-refractivity contribution is 0.0997. The van der Waals surface area contributed by atoms with E-state index >= 15 is 0 Å². The molecule has 25 heavy (non-hydrogen) atoms. The molecule has 2 heterocycles. The summed E-state index contributed by atoms with van der Waals surface area (Å²) in [5.74, 6) is 1.19. The Morgan fingerprint density at radius 1 is 0.920 bits per heavy atom. The minimum absolute atomic E-state index is 0.161. The van der Waals surface area contributed by atoms with Crippen molar-refractivity contribution in [3.8, 4) is 22.8 Å². The molecule has 0 spiro atoms. The molecule has 1 N–H and O–H groups in total. The third-order valence-corrected chi connectivity index (χ3v) is 3.76. The van der Waals surface area contributed by atoms with Crippen LogP contribution in [0.5, 0.6) is 11.5 Å². The molecule has 5 nitrogen and oxygen atoms in total. The number of benzene rings is 2. The number of carbonyl (C=O) groups excluding carboxylic acids is 1. The summed E-state index contributed by atoms with van der Waals surface area (Å²) in [5.41, 5.74) is 1.27. The summed E-state index contributed by atoms with van der Waals surface area (Å²) in [6, 6.07) is 14.3. The summed E-state index contributed by atoms with van der Waals surface area (Å²) in [7, 11) is 0. The highest BCUT2D eigenvalue weighted by Gasteiger charge is 2.16. The van der Waals surface area contributed by atoms with Gasteiger partial charge in [0.2, 0.25) is 0 Å². The lowest BCUT2D eigenvalue weighted by Gasteiger charge is -2.18.